The summed E-state index contributed by atoms with van der Waals surface area (Å²) in [6, 6.07) is 0.575. The van der Waals surface area contributed by atoms with Gasteiger partial charge in [0.15, 0.2) is 0 Å². The summed E-state index contributed by atoms with van der Waals surface area (Å²) < 4.78 is 0. The highest BCUT2D eigenvalue weighted by Gasteiger charge is 2.28. The lowest BCUT2D eigenvalue weighted by atomic mass is 9.83. The van der Waals surface area contributed by atoms with E-state index in [1.54, 1.807) is 0 Å². The predicted molar refractivity (Wildman–Crippen MR) is 68.6 cm³/mol. The summed E-state index contributed by atoms with van der Waals surface area (Å²) in [5.41, 5.74) is 0. The van der Waals surface area contributed by atoms with Crippen LogP contribution in [-0.2, 0) is 0 Å². The van der Waals surface area contributed by atoms with E-state index in [4.69, 9.17) is 0 Å². The zero-order valence-electron chi connectivity index (χ0n) is 11.3. The van der Waals surface area contributed by atoms with Gasteiger partial charge in [-0.3, -0.25) is 0 Å². The predicted octanol–water partition coefficient (Wildman–Crippen LogP) is 1.42. The van der Waals surface area contributed by atoms with Crippen LogP contribution in [0.2, 0.25) is 0 Å². The van der Waals surface area contributed by atoms with Crippen LogP contribution in [0.4, 0.5) is 0 Å². The van der Waals surface area contributed by atoms with Crippen LogP contribution in [0.1, 0.15) is 32.6 Å². The van der Waals surface area contributed by atoms with Gasteiger partial charge in [0.05, 0.1) is 6.10 Å². The van der Waals surface area contributed by atoms with Gasteiger partial charge in [-0.15, -0.1) is 0 Å². The van der Waals surface area contributed by atoms with E-state index in [9.17, 15) is 5.11 Å². The normalized spacial score (nSPS) is 31.3. The third kappa shape index (κ3) is 4.40. The zero-order valence-corrected chi connectivity index (χ0v) is 11.3. The van der Waals surface area contributed by atoms with E-state index in [-0.39, 0.29) is 6.10 Å². The van der Waals surface area contributed by atoms with Crippen LogP contribution in [0, 0.1) is 5.92 Å². The van der Waals surface area contributed by atoms with E-state index in [0.29, 0.717) is 6.04 Å². The Kier molecular flexibility index (Phi) is 5.73. The minimum atomic E-state index is -0.0718. The van der Waals surface area contributed by atoms with Gasteiger partial charge in [-0.2, -0.15) is 0 Å². The van der Waals surface area contributed by atoms with Gasteiger partial charge in [0.2, 0.25) is 0 Å². The molecule has 0 amide bonds. The molecule has 0 heterocycles. The first-order chi connectivity index (χ1) is 7.50. The maximum absolute atomic E-state index is 9.73. The lowest BCUT2D eigenvalue weighted by molar-refractivity contribution is 0.0424. The summed E-state index contributed by atoms with van der Waals surface area (Å²) in [6.07, 6.45) is 4.26. The van der Waals surface area contributed by atoms with Crippen molar-refractivity contribution in [1.82, 2.24) is 9.80 Å². The monoisotopic (exact) mass is 228 g/mol. The Morgan fingerprint density at radius 2 is 1.81 bits per heavy atom. The SMILES string of the molecule is CC1CCC(O)CC1N(C)CCCN(C)C. The molecule has 96 valence electrons. The Bertz CT molecular complexity index is 196. The zero-order chi connectivity index (χ0) is 12.1. The van der Waals surface area contributed by atoms with E-state index >= 15 is 0 Å². The van der Waals surface area contributed by atoms with Crippen molar-refractivity contribution >= 4 is 0 Å². The van der Waals surface area contributed by atoms with Crippen LogP contribution in [0.15, 0.2) is 0 Å². The maximum atomic E-state index is 9.73. The fourth-order valence-corrected chi connectivity index (χ4v) is 2.69. The van der Waals surface area contributed by atoms with Crippen LogP contribution in [0.3, 0.4) is 0 Å². The minimum Gasteiger partial charge on any atom is -0.393 e. The summed E-state index contributed by atoms with van der Waals surface area (Å²) in [5, 5.41) is 9.73. The van der Waals surface area contributed by atoms with E-state index in [2.05, 4.69) is 37.9 Å². The summed E-state index contributed by atoms with van der Waals surface area (Å²) in [4.78, 5) is 4.67. The summed E-state index contributed by atoms with van der Waals surface area (Å²) in [7, 11) is 6.44. The van der Waals surface area contributed by atoms with Gasteiger partial charge in [-0.1, -0.05) is 6.92 Å². The third-order valence-electron chi connectivity index (χ3n) is 3.81. The Labute approximate surface area is 100 Å². The molecule has 1 N–H and O–H groups in total. The molecular weight excluding hydrogens is 200 g/mol. The third-order valence-corrected chi connectivity index (χ3v) is 3.81. The lowest BCUT2D eigenvalue weighted by Crippen LogP contribution is -2.43. The van der Waals surface area contributed by atoms with Crippen molar-refractivity contribution in [2.24, 2.45) is 5.92 Å². The molecule has 16 heavy (non-hydrogen) atoms. The van der Waals surface area contributed by atoms with Gasteiger partial charge in [0, 0.05) is 6.04 Å². The molecule has 3 nitrogen and oxygen atoms in total. The molecule has 0 bridgehead atoms. The molecule has 3 unspecified atom stereocenters. The summed E-state index contributed by atoms with van der Waals surface area (Å²) in [6.45, 7) is 4.60. The van der Waals surface area contributed by atoms with Crippen LogP contribution >= 0.6 is 0 Å². The van der Waals surface area contributed by atoms with Gasteiger partial charge >= 0.3 is 0 Å². The van der Waals surface area contributed by atoms with Crippen LogP contribution in [0.5, 0.6) is 0 Å². The van der Waals surface area contributed by atoms with Crippen molar-refractivity contribution in [3.63, 3.8) is 0 Å². The Morgan fingerprint density at radius 3 is 2.44 bits per heavy atom. The van der Waals surface area contributed by atoms with Crippen LogP contribution in [-0.4, -0.2) is 61.3 Å². The summed E-state index contributed by atoms with van der Waals surface area (Å²) in [5.74, 6) is 0.729. The van der Waals surface area contributed by atoms with Gasteiger partial charge < -0.3 is 14.9 Å². The number of aliphatic hydroxyl groups is 1. The second kappa shape index (κ2) is 6.58. The van der Waals surface area contributed by atoms with Gasteiger partial charge in [0.25, 0.3) is 0 Å². The van der Waals surface area contributed by atoms with Gasteiger partial charge in [-0.25, -0.2) is 0 Å². The van der Waals surface area contributed by atoms with Gasteiger partial charge in [-0.05, 0) is 65.8 Å². The van der Waals surface area contributed by atoms with Crippen molar-refractivity contribution in [3.05, 3.63) is 0 Å². The number of aliphatic hydroxyl groups excluding tert-OH is 1. The molecule has 0 aromatic heterocycles. The van der Waals surface area contributed by atoms with E-state index in [0.717, 1.165) is 31.8 Å². The lowest BCUT2D eigenvalue weighted by Gasteiger charge is -2.38. The first-order valence-corrected chi connectivity index (χ1v) is 6.53. The number of rotatable bonds is 5. The molecule has 0 radical (unpaired) electrons. The molecular formula is C13H28N2O. The molecule has 1 aliphatic rings. The number of nitrogens with zero attached hydrogens (tertiary/aromatic N) is 2. The molecule has 0 aliphatic heterocycles. The fraction of sp³-hybridized carbons (Fsp3) is 1.00. The second-order valence-electron chi connectivity index (χ2n) is 5.65. The van der Waals surface area contributed by atoms with E-state index < -0.39 is 0 Å². The highest BCUT2D eigenvalue weighted by molar-refractivity contribution is 4.83. The largest absolute Gasteiger partial charge is 0.393 e. The van der Waals surface area contributed by atoms with Crippen molar-refractivity contribution in [3.8, 4) is 0 Å². The first-order valence-electron chi connectivity index (χ1n) is 6.53. The molecule has 0 saturated heterocycles. The molecule has 0 spiro atoms. The topological polar surface area (TPSA) is 26.7 Å². The average molecular weight is 228 g/mol. The molecule has 0 aromatic carbocycles. The van der Waals surface area contributed by atoms with Crippen molar-refractivity contribution in [2.45, 2.75) is 44.8 Å². The average Bonchev–Trinajstić information content (AvgIpc) is 2.21. The van der Waals surface area contributed by atoms with Crippen molar-refractivity contribution < 1.29 is 5.11 Å². The summed E-state index contributed by atoms with van der Waals surface area (Å²) >= 11 is 0. The Morgan fingerprint density at radius 1 is 1.12 bits per heavy atom. The number of hydrogen-bond acceptors (Lipinski definition) is 3. The Balaban J connectivity index is 2.30. The minimum absolute atomic E-state index is 0.0718. The van der Waals surface area contributed by atoms with Crippen molar-refractivity contribution in [2.75, 3.05) is 34.2 Å². The molecule has 1 saturated carbocycles. The molecule has 3 atom stereocenters. The van der Waals surface area contributed by atoms with Gasteiger partial charge in [0.1, 0.15) is 0 Å². The van der Waals surface area contributed by atoms with Crippen LogP contribution < -0.4 is 0 Å². The smallest absolute Gasteiger partial charge is 0.0555 e. The highest BCUT2D eigenvalue weighted by atomic mass is 16.3. The fourth-order valence-electron chi connectivity index (χ4n) is 2.69. The Hall–Kier alpha value is -0.120. The molecule has 1 rings (SSSR count). The van der Waals surface area contributed by atoms with E-state index in [1.165, 1.54) is 12.8 Å². The van der Waals surface area contributed by atoms with E-state index in [1.807, 2.05) is 0 Å². The quantitative estimate of drug-likeness (QED) is 0.771. The van der Waals surface area contributed by atoms with Crippen molar-refractivity contribution in [1.29, 1.82) is 0 Å². The molecule has 1 aliphatic carbocycles. The second-order valence-corrected chi connectivity index (χ2v) is 5.65. The highest BCUT2D eigenvalue weighted by Crippen LogP contribution is 2.27. The van der Waals surface area contributed by atoms with Crippen LogP contribution in [0.25, 0.3) is 0 Å². The maximum Gasteiger partial charge on any atom is 0.0555 e. The number of hydrogen-bond donors (Lipinski definition) is 1. The first kappa shape index (κ1) is 13.9. The molecule has 1 fully saturated rings. The molecule has 0 aromatic rings. The molecule has 3 heteroatoms. The standard InChI is InChI=1S/C13H28N2O/c1-11-6-7-12(16)10-13(11)15(4)9-5-8-14(2)3/h11-13,16H,5-10H2,1-4H3.